The molecule has 0 spiro atoms. The number of amides is 1. The molecule has 1 fully saturated rings. The standard InChI is InChI=1S/C17H27NO2Si.BH4.Na/c1-17(2,3)21(4,5)20-14-11-12-15(19)18-16(14)13-9-7-6-8-10-13;;/h6-10,14,16H,11-12H2,1-5H3,(H,18,19);1H4;/q;-1;+1/t14-,16-;;/m0../s1. The van der Waals surface area contributed by atoms with Crippen molar-refractivity contribution < 1.29 is 38.8 Å². The van der Waals surface area contributed by atoms with Gasteiger partial charge in [0, 0.05) is 6.42 Å². The van der Waals surface area contributed by atoms with Gasteiger partial charge in [0.25, 0.3) is 0 Å². The van der Waals surface area contributed by atoms with Gasteiger partial charge in [-0.15, -0.1) is 0 Å². The molecule has 1 aliphatic heterocycles. The minimum absolute atomic E-state index is 0. The van der Waals surface area contributed by atoms with E-state index in [2.05, 4.69) is 51.3 Å². The first-order valence-electron chi connectivity index (χ1n) is 7.73. The summed E-state index contributed by atoms with van der Waals surface area (Å²) in [5.41, 5.74) is 1.13. The van der Waals surface area contributed by atoms with Crippen molar-refractivity contribution in [3.8, 4) is 0 Å². The third-order valence-corrected chi connectivity index (χ3v) is 9.26. The Bertz CT molecular complexity index is 505. The zero-order valence-corrected chi connectivity index (χ0v) is 17.8. The van der Waals surface area contributed by atoms with E-state index in [1.165, 1.54) is 0 Å². The van der Waals surface area contributed by atoms with Crippen LogP contribution in [0.5, 0.6) is 0 Å². The van der Waals surface area contributed by atoms with E-state index < -0.39 is 8.32 Å². The van der Waals surface area contributed by atoms with E-state index in [1.54, 1.807) is 0 Å². The van der Waals surface area contributed by atoms with Crippen molar-refractivity contribution in [2.24, 2.45) is 0 Å². The predicted molar refractivity (Wildman–Crippen MR) is 100.0 cm³/mol. The summed E-state index contributed by atoms with van der Waals surface area (Å²) in [6.45, 7) is 11.3. The van der Waals surface area contributed by atoms with Gasteiger partial charge in [-0.3, -0.25) is 4.79 Å². The summed E-state index contributed by atoms with van der Waals surface area (Å²) in [4.78, 5) is 11.8. The summed E-state index contributed by atoms with van der Waals surface area (Å²) >= 11 is 0. The van der Waals surface area contributed by atoms with Crippen molar-refractivity contribution in [3.05, 3.63) is 35.9 Å². The van der Waals surface area contributed by atoms with Crippen LogP contribution in [0.2, 0.25) is 18.1 Å². The maximum absolute atomic E-state index is 11.8. The van der Waals surface area contributed by atoms with Gasteiger partial charge >= 0.3 is 29.6 Å². The number of carbonyl (C=O) groups is 1. The van der Waals surface area contributed by atoms with Gasteiger partial charge in [0.05, 0.1) is 12.1 Å². The van der Waals surface area contributed by atoms with Crippen LogP contribution in [0.3, 0.4) is 0 Å². The first kappa shape index (κ1) is 22.9. The fourth-order valence-electron chi connectivity index (χ4n) is 2.42. The summed E-state index contributed by atoms with van der Waals surface area (Å²) in [5, 5.41) is 3.29. The summed E-state index contributed by atoms with van der Waals surface area (Å²) < 4.78 is 6.58. The van der Waals surface area contributed by atoms with Crippen LogP contribution in [-0.4, -0.2) is 28.7 Å². The molecule has 1 aromatic carbocycles. The van der Waals surface area contributed by atoms with Gasteiger partial charge in [0.15, 0.2) is 8.32 Å². The minimum atomic E-state index is -1.84. The molecular formula is C17H31BNNaO2Si. The molecule has 0 unspecified atom stereocenters. The number of hydrogen-bond donors (Lipinski definition) is 1. The molecule has 2 rings (SSSR count). The largest absolute Gasteiger partial charge is 1.00 e. The Hall–Kier alpha value is -0.0682. The number of hydrogen-bond acceptors (Lipinski definition) is 2. The molecule has 0 radical (unpaired) electrons. The van der Waals surface area contributed by atoms with E-state index in [4.69, 9.17) is 4.43 Å². The zero-order chi connectivity index (χ0) is 15.7. The smallest absolute Gasteiger partial charge is 0.411 e. The molecule has 0 saturated carbocycles. The molecule has 23 heavy (non-hydrogen) atoms. The SMILES string of the molecule is CC(C)(C)[Si](C)(C)O[C@H]1CCC(=O)N[C@H]1c1ccccc1.[BH4-].[Na+]. The molecule has 1 aliphatic rings. The molecule has 124 valence electrons. The van der Waals surface area contributed by atoms with Crippen molar-refractivity contribution in [2.45, 2.75) is 63.9 Å². The van der Waals surface area contributed by atoms with Crippen LogP contribution in [0.4, 0.5) is 0 Å². The maximum Gasteiger partial charge on any atom is 1.00 e. The number of rotatable bonds is 3. The van der Waals surface area contributed by atoms with Crippen LogP contribution in [0.1, 0.15) is 45.2 Å². The van der Waals surface area contributed by atoms with Crippen molar-refractivity contribution in [1.29, 1.82) is 0 Å². The second-order valence-electron chi connectivity index (χ2n) is 7.41. The quantitative estimate of drug-likeness (QED) is 0.758. The van der Waals surface area contributed by atoms with E-state index in [9.17, 15) is 4.79 Å². The van der Waals surface area contributed by atoms with Crippen molar-refractivity contribution in [3.63, 3.8) is 0 Å². The summed E-state index contributed by atoms with van der Waals surface area (Å²) in [5.74, 6) is 0.124. The molecule has 1 heterocycles. The van der Waals surface area contributed by atoms with Crippen LogP contribution in [0.15, 0.2) is 30.3 Å². The zero-order valence-electron chi connectivity index (χ0n) is 14.8. The molecule has 1 N–H and O–H groups in total. The predicted octanol–water partition coefficient (Wildman–Crippen LogP) is -0.419. The Morgan fingerprint density at radius 1 is 1.17 bits per heavy atom. The van der Waals surface area contributed by atoms with Crippen LogP contribution < -0.4 is 34.9 Å². The Labute approximate surface area is 166 Å². The van der Waals surface area contributed by atoms with E-state index in [0.717, 1.165) is 12.0 Å². The van der Waals surface area contributed by atoms with Gasteiger partial charge in [0.1, 0.15) is 0 Å². The number of piperidine rings is 1. The molecule has 0 aliphatic carbocycles. The van der Waals surface area contributed by atoms with Gasteiger partial charge in [-0.2, -0.15) is 0 Å². The number of benzene rings is 1. The average Bonchev–Trinajstić information content (AvgIpc) is 2.40. The molecule has 0 bridgehead atoms. The summed E-state index contributed by atoms with van der Waals surface area (Å²) in [6, 6.07) is 10.1. The Balaban J connectivity index is 0.00000242. The molecular weight excluding hydrogens is 312 g/mol. The third-order valence-electron chi connectivity index (χ3n) is 4.76. The van der Waals surface area contributed by atoms with Crippen LogP contribution in [-0.2, 0) is 9.22 Å². The monoisotopic (exact) mass is 343 g/mol. The molecule has 3 nitrogen and oxygen atoms in total. The summed E-state index contributed by atoms with van der Waals surface area (Å²) in [7, 11) is -1.84. The topological polar surface area (TPSA) is 38.3 Å². The van der Waals surface area contributed by atoms with Crippen molar-refractivity contribution >= 4 is 22.6 Å². The second kappa shape index (κ2) is 8.86. The fourth-order valence-corrected chi connectivity index (χ4v) is 3.78. The van der Waals surface area contributed by atoms with Gasteiger partial charge in [-0.25, -0.2) is 0 Å². The minimum Gasteiger partial charge on any atom is -0.411 e. The van der Waals surface area contributed by atoms with Gasteiger partial charge in [0.2, 0.25) is 5.91 Å². The first-order valence-corrected chi connectivity index (χ1v) is 10.6. The fraction of sp³-hybridized carbons (Fsp3) is 0.588. The normalized spacial score (nSPS) is 21.7. The van der Waals surface area contributed by atoms with Crippen LogP contribution in [0.25, 0.3) is 0 Å². The Kier molecular flexibility index (Phi) is 8.83. The van der Waals surface area contributed by atoms with E-state index in [0.29, 0.717) is 6.42 Å². The second-order valence-corrected chi connectivity index (χ2v) is 12.2. The Morgan fingerprint density at radius 2 is 1.74 bits per heavy atom. The van der Waals surface area contributed by atoms with Crippen molar-refractivity contribution in [2.75, 3.05) is 0 Å². The molecule has 2 atom stereocenters. The van der Waals surface area contributed by atoms with E-state index in [-0.39, 0.29) is 61.1 Å². The third kappa shape index (κ3) is 5.75. The van der Waals surface area contributed by atoms with Gasteiger partial charge in [-0.1, -0.05) is 59.5 Å². The van der Waals surface area contributed by atoms with Crippen molar-refractivity contribution in [1.82, 2.24) is 5.32 Å². The molecule has 1 saturated heterocycles. The Morgan fingerprint density at radius 3 is 2.26 bits per heavy atom. The van der Waals surface area contributed by atoms with E-state index >= 15 is 0 Å². The first-order chi connectivity index (χ1) is 9.71. The van der Waals surface area contributed by atoms with Gasteiger partial charge < -0.3 is 9.74 Å². The number of carbonyl (C=O) groups excluding carboxylic acids is 1. The molecule has 1 amide bonds. The molecule has 0 aromatic heterocycles. The maximum atomic E-state index is 11.8. The molecule has 6 heteroatoms. The summed E-state index contributed by atoms with van der Waals surface area (Å²) in [6.07, 6.45) is 1.44. The van der Waals surface area contributed by atoms with E-state index in [1.807, 2.05) is 18.2 Å². The molecule has 1 aromatic rings. The van der Waals surface area contributed by atoms with Crippen LogP contribution in [0, 0.1) is 0 Å². The van der Waals surface area contributed by atoms with Gasteiger partial charge in [-0.05, 0) is 30.1 Å². The average molecular weight is 343 g/mol. The van der Waals surface area contributed by atoms with Crippen LogP contribution >= 0.6 is 0 Å². The number of nitrogens with one attached hydrogen (secondary N) is 1.